The third kappa shape index (κ3) is 4.19. The van der Waals surface area contributed by atoms with E-state index in [1.807, 2.05) is 0 Å². The summed E-state index contributed by atoms with van der Waals surface area (Å²) in [5.41, 5.74) is 0.0437. The van der Waals surface area contributed by atoms with E-state index in [4.69, 9.17) is 4.42 Å². The van der Waals surface area contributed by atoms with Crippen molar-refractivity contribution in [2.45, 2.75) is 62.0 Å². The standard InChI is InChI=1S/C20H24FN3O4S/c21-16-10-5-4-9-15(16)13-29(26,27)20-23-22-18(28-20)17-11-6-12-24(17)19(25)14-7-2-1-3-8-14/h4-5,9-10,14,17H,1-3,6-8,11-13H2/t17-/m0/s1. The van der Waals surface area contributed by atoms with Gasteiger partial charge >= 0.3 is 5.22 Å². The minimum absolute atomic E-state index is 0.0246. The summed E-state index contributed by atoms with van der Waals surface area (Å²) >= 11 is 0. The smallest absolute Gasteiger partial charge is 0.335 e. The second kappa shape index (κ2) is 8.22. The first-order chi connectivity index (χ1) is 14.0. The van der Waals surface area contributed by atoms with Crippen molar-refractivity contribution in [2.75, 3.05) is 6.54 Å². The molecule has 156 valence electrons. The number of carbonyl (C=O) groups is 1. The molecule has 0 bridgehead atoms. The van der Waals surface area contributed by atoms with Crippen molar-refractivity contribution >= 4 is 15.7 Å². The van der Waals surface area contributed by atoms with Gasteiger partial charge in [0.2, 0.25) is 21.6 Å². The van der Waals surface area contributed by atoms with Crippen LogP contribution in [0.3, 0.4) is 0 Å². The van der Waals surface area contributed by atoms with Crippen LogP contribution in [0.4, 0.5) is 4.39 Å². The first-order valence-corrected chi connectivity index (χ1v) is 11.7. The average molecular weight is 421 g/mol. The summed E-state index contributed by atoms with van der Waals surface area (Å²) in [4.78, 5) is 14.7. The van der Waals surface area contributed by atoms with Crippen molar-refractivity contribution in [3.05, 3.63) is 41.5 Å². The number of aromatic nitrogens is 2. The van der Waals surface area contributed by atoms with E-state index in [9.17, 15) is 17.6 Å². The van der Waals surface area contributed by atoms with E-state index < -0.39 is 32.7 Å². The van der Waals surface area contributed by atoms with Gasteiger partial charge in [0.15, 0.2) is 0 Å². The number of carbonyl (C=O) groups excluding carboxylic acids is 1. The fourth-order valence-corrected chi connectivity index (χ4v) is 5.38. The lowest BCUT2D eigenvalue weighted by molar-refractivity contribution is -0.138. The van der Waals surface area contributed by atoms with Crippen LogP contribution < -0.4 is 0 Å². The molecular formula is C20H24FN3O4S. The molecule has 1 aromatic carbocycles. The predicted octanol–water partition coefficient (Wildman–Crippen LogP) is 3.43. The number of sulfone groups is 1. The fraction of sp³-hybridized carbons (Fsp3) is 0.550. The topological polar surface area (TPSA) is 93.4 Å². The Morgan fingerprint density at radius 2 is 1.86 bits per heavy atom. The number of hydrogen-bond acceptors (Lipinski definition) is 6. The molecule has 0 spiro atoms. The van der Waals surface area contributed by atoms with Crippen LogP contribution in [0.2, 0.25) is 0 Å². The minimum Gasteiger partial charge on any atom is -0.410 e. The largest absolute Gasteiger partial charge is 0.410 e. The molecule has 4 rings (SSSR count). The quantitative estimate of drug-likeness (QED) is 0.734. The molecule has 1 aromatic heterocycles. The van der Waals surface area contributed by atoms with Crippen molar-refractivity contribution in [2.24, 2.45) is 5.92 Å². The first kappa shape index (κ1) is 20.0. The van der Waals surface area contributed by atoms with E-state index in [1.54, 1.807) is 11.0 Å². The molecule has 0 unspecified atom stereocenters. The van der Waals surface area contributed by atoms with Crippen molar-refractivity contribution in [1.82, 2.24) is 15.1 Å². The molecule has 1 saturated carbocycles. The Morgan fingerprint density at radius 3 is 2.62 bits per heavy atom. The minimum atomic E-state index is -3.99. The number of likely N-dealkylation sites (tertiary alicyclic amines) is 1. The lowest BCUT2D eigenvalue weighted by Crippen LogP contribution is -2.36. The van der Waals surface area contributed by atoms with Crippen LogP contribution in [0, 0.1) is 11.7 Å². The maximum Gasteiger partial charge on any atom is 0.335 e. The molecule has 1 aliphatic heterocycles. The number of nitrogens with zero attached hydrogens (tertiary/aromatic N) is 3. The van der Waals surface area contributed by atoms with E-state index in [0.29, 0.717) is 13.0 Å². The Kier molecular flexibility index (Phi) is 5.67. The highest BCUT2D eigenvalue weighted by Crippen LogP contribution is 2.35. The average Bonchev–Trinajstić information content (AvgIpc) is 3.39. The van der Waals surface area contributed by atoms with Gasteiger partial charge in [0.1, 0.15) is 11.9 Å². The van der Waals surface area contributed by atoms with Crippen LogP contribution in [0.15, 0.2) is 33.9 Å². The van der Waals surface area contributed by atoms with E-state index in [0.717, 1.165) is 32.1 Å². The Morgan fingerprint density at radius 1 is 1.10 bits per heavy atom. The molecule has 7 nitrogen and oxygen atoms in total. The van der Waals surface area contributed by atoms with E-state index >= 15 is 0 Å². The molecule has 0 N–H and O–H groups in total. The zero-order valence-corrected chi connectivity index (χ0v) is 16.9. The highest BCUT2D eigenvalue weighted by molar-refractivity contribution is 7.90. The molecule has 2 heterocycles. The molecule has 1 aliphatic carbocycles. The predicted molar refractivity (Wildman–Crippen MR) is 102 cm³/mol. The second-order valence-corrected chi connectivity index (χ2v) is 9.65. The molecule has 29 heavy (non-hydrogen) atoms. The summed E-state index contributed by atoms with van der Waals surface area (Å²) < 4.78 is 44.5. The number of hydrogen-bond donors (Lipinski definition) is 0. The summed E-state index contributed by atoms with van der Waals surface area (Å²) in [7, 11) is -3.99. The van der Waals surface area contributed by atoms with Gasteiger partial charge in [0, 0.05) is 18.0 Å². The van der Waals surface area contributed by atoms with E-state index in [-0.39, 0.29) is 23.3 Å². The molecule has 1 amide bonds. The van der Waals surface area contributed by atoms with Gasteiger partial charge in [-0.2, -0.15) is 0 Å². The molecule has 2 aliphatic rings. The zero-order chi connectivity index (χ0) is 20.4. The van der Waals surface area contributed by atoms with Gasteiger partial charge in [-0.3, -0.25) is 4.79 Å². The zero-order valence-electron chi connectivity index (χ0n) is 16.1. The monoisotopic (exact) mass is 421 g/mol. The van der Waals surface area contributed by atoms with Gasteiger partial charge in [0.05, 0.1) is 5.75 Å². The Bertz CT molecular complexity index is 985. The Hall–Kier alpha value is -2.29. The number of amides is 1. The van der Waals surface area contributed by atoms with Gasteiger partial charge in [0.25, 0.3) is 0 Å². The molecule has 2 aromatic rings. The number of halogens is 1. The van der Waals surface area contributed by atoms with Crippen LogP contribution in [0.5, 0.6) is 0 Å². The lowest BCUT2D eigenvalue weighted by atomic mass is 9.88. The normalized spacial score (nSPS) is 20.9. The van der Waals surface area contributed by atoms with Gasteiger partial charge in [-0.25, -0.2) is 12.8 Å². The molecule has 1 atom stereocenters. The Balaban J connectivity index is 1.51. The molecule has 9 heteroatoms. The summed E-state index contributed by atoms with van der Waals surface area (Å²) in [6.45, 7) is 0.611. The molecule has 2 fully saturated rings. The summed E-state index contributed by atoms with van der Waals surface area (Å²) in [5.74, 6) is -0.899. The SMILES string of the molecule is O=C(C1CCCCC1)N1CCC[C@H]1c1nnc(S(=O)(=O)Cc2ccccc2F)o1. The van der Waals surface area contributed by atoms with Crippen molar-refractivity contribution in [3.8, 4) is 0 Å². The maximum absolute atomic E-state index is 13.8. The van der Waals surface area contributed by atoms with Gasteiger partial charge < -0.3 is 9.32 Å². The van der Waals surface area contributed by atoms with Crippen LogP contribution in [-0.4, -0.2) is 36.0 Å². The highest BCUT2D eigenvalue weighted by Gasteiger charge is 2.38. The van der Waals surface area contributed by atoms with Crippen LogP contribution in [-0.2, 0) is 20.4 Å². The van der Waals surface area contributed by atoms with Crippen molar-refractivity contribution < 1.29 is 22.0 Å². The summed E-state index contributed by atoms with van der Waals surface area (Å²) in [5, 5.41) is 7.09. The van der Waals surface area contributed by atoms with Crippen molar-refractivity contribution in [3.63, 3.8) is 0 Å². The number of rotatable bonds is 5. The number of benzene rings is 1. The van der Waals surface area contributed by atoms with Crippen LogP contribution in [0.1, 0.15) is 62.4 Å². The van der Waals surface area contributed by atoms with Gasteiger partial charge in [-0.05, 0) is 31.7 Å². The third-order valence-corrected chi connectivity index (χ3v) is 7.15. The third-order valence-electron chi connectivity index (χ3n) is 5.77. The van der Waals surface area contributed by atoms with Gasteiger partial charge in [-0.15, -0.1) is 5.10 Å². The molecule has 0 radical (unpaired) electrons. The summed E-state index contributed by atoms with van der Waals surface area (Å²) in [6.07, 6.45) is 6.56. The molecule has 1 saturated heterocycles. The Labute approximate surface area is 169 Å². The fourth-order valence-electron chi connectivity index (χ4n) is 4.23. The highest BCUT2D eigenvalue weighted by atomic mass is 32.2. The summed E-state index contributed by atoms with van der Waals surface area (Å²) in [6, 6.07) is 5.28. The van der Waals surface area contributed by atoms with E-state index in [1.165, 1.54) is 24.6 Å². The maximum atomic E-state index is 13.8. The van der Waals surface area contributed by atoms with Gasteiger partial charge in [-0.1, -0.05) is 42.6 Å². The van der Waals surface area contributed by atoms with Crippen molar-refractivity contribution in [1.29, 1.82) is 0 Å². The first-order valence-electron chi connectivity index (χ1n) is 10.1. The van der Waals surface area contributed by atoms with E-state index in [2.05, 4.69) is 10.2 Å². The van der Waals surface area contributed by atoms with Crippen LogP contribution in [0.25, 0.3) is 0 Å². The van der Waals surface area contributed by atoms with Crippen LogP contribution >= 0.6 is 0 Å². The lowest BCUT2D eigenvalue weighted by Gasteiger charge is -2.29. The molecular weight excluding hydrogens is 397 g/mol. The second-order valence-electron chi connectivity index (χ2n) is 7.78.